The van der Waals surface area contributed by atoms with Crippen LogP contribution in [0.3, 0.4) is 0 Å². The molecule has 9 heteroatoms. The fourth-order valence-corrected chi connectivity index (χ4v) is 2.87. The van der Waals surface area contributed by atoms with Crippen LogP contribution in [-0.2, 0) is 9.59 Å². The first-order valence-electron chi connectivity index (χ1n) is 9.71. The van der Waals surface area contributed by atoms with E-state index in [0.29, 0.717) is 29.2 Å². The predicted molar refractivity (Wildman–Crippen MR) is 118 cm³/mol. The highest BCUT2D eigenvalue weighted by Crippen LogP contribution is 2.12. The lowest BCUT2D eigenvalue weighted by atomic mass is 10.2. The molecule has 8 nitrogen and oxygen atoms in total. The van der Waals surface area contributed by atoms with Gasteiger partial charge >= 0.3 is 0 Å². The third-order valence-corrected chi connectivity index (χ3v) is 4.59. The van der Waals surface area contributed by atoms with Crippen molar-refractivity contribution in [1.82, 2.24) is 20.4 Å². The fraction of sp³-hybridized carbons (Fsp3) is 0.182. The molecule has 3 amide bonds. The molecule has 0 unspecified atom stereocenters. The predicted octanol–water partition coefficient (Wildman–Crippen LogP) is 2.79. The molecule has 0 atom stereocenters. The molecule has 0 aliphatic carbocycles. The molecule has 0 fully saturated rings. The minimum atomic E-state index is -0.323. The second-order valence-corrected chi connectivity index (χ2v) is 7.13. The van der Waals surface area contributed by atoms with Crippen LogP contribution in [-0.4, -0.2) is 40.6 Å². The summed E-state index contributed by atoms with van der Waals surface area (Å²) in [4.78, 5) is 35.9. The fourth-order valence-electron chi connectivity index (χ4n) is 2.75. The Hall–Kier alpha value is -3.65. The smallest absolute Gasteiger partial charge is 0.251 e. The van der Waals surface area contributed by atoms with Gasteiger partial charge in [0, 0.05) is 41.6 Å². The first kappa shape index (κ1) is 22.0. The van der Waals surface area contributed by atoms with E-state index in [1.54, 1.807) is 47.3 Å². The quantitative estimate of drug-likeness (QED) is 0.446. The van der Waals surface area contributed by atoms with Gasteiger partial charge in [0.25, 0.3) is 5.91 Å². The molecular formula is C22H22ClN5O3. The van der Waals surface area contributed by atoms with Crippen molar-refractivity contribution in [2.45, 2.75) is 12.8 Å². The second-order valence-electron chi connectivity index (χ2n) is 6.69. The van der Waals surface area contributed by atoms with Crippen LogP contribution in [0.25, 0.3) is 5.69 Å². The van der Waals surface area contributed by atoms with Crippen molar-refractivity contribution in [2.75, 3.05) is 18.4 Å². The third kappa shape index (κ3) is 6.97. The van der Waals surface area contributed by atoms with Crippen molar-refractivity contribution in [2.24, 2.45) is 0 Å². The average molecular weight is 440 g/mol. The largest absolute Gasteiger partial charge is 0.352 e. The summed E-state index contributed by atoms with van der Waals surface area (Å²) in [6, 6.07) is 15.6. The summed E-state index contributed by atoms with van der Waals surface area (Å²) in [5.41, 5.74) is 2.00. The molecule has 0 saturated heterocycles. The summed E-state index contributed by atoms with van der Waals surface area (Å²) in [6.07, 6.45) is 4.17. The van der Waals surface area contributed by atoms with Gasteiger partial charge in [-0.1, -0.05) is 11.6 Å². The molecule has 0 aliphatic heterocycles. The van der Waals surface area contributed by atoms with E-state index in [4.69, 9.17) is 11.6 Å². The van der Waals surface area contributed by atoms with Crippen molar-refractivity contribution >= 4 is 35.0 Å². The van der Waals surface area contributed by atoms with E-state index in [1.807, 2.05) is 24.4 Å². The normalized spacial score (nSPS) is 10.4. The van der Waals surface area contributed by atoms with Gasteiger partial charge in [0.05, 0.1) is 12.2 Å². The lowest BCUT2D eigenvalue weighted by Gasteiger charge is -2.08. The Labute approximate surface area is 184 Å². The summed E-state index contributed by atoms with van der Waals surface area (Å²) in [5.74, 6) is -0.809. The van der Waals surface area contributed by atoms with Gasteiger partial charge in [-0.05, 0) is 61.0 Å². The maximum atomic E-state index is 12.0. The van der Waals surface area contributed by atoms with Crippen LogP contribution in [0.5, 0.6) is 0 Å². The van der Waals surface area contributed by atoms with Gasteiger partial charge in [-0.25, -0.2) is 4.68 Å². The van der Waals surface area contributed by atoms with E-state index in [9.17, 15) is 14.4 Å². The highest BCUT2D eigenvalue weighted by molar-refractivity contribution is 6.30. The molecule has 0 radical (unpaired) electrons. The van der Waals surface area contributed by atoms with Gasteiger partial charge in [0.2, 0.25) is 11.8 Å². The molecule has 0 bridgehead atoms. The number of anilines is 1. The minimum Gasteiger partial charge on any atom is -0.352 e. The minimum absolute atomic E-state index is 0.128. The van der Waals surface area contributed by atoms with Crippen LogP contribution in [0.2, 0.25) is 5.02 Å². The first-order chi connectivity index (χ1) is 15.0. The Bertz CT molecular complexity index is 1020. The highest BCUT2D eigenvalue weighted by atomic mass is 35.5. The van der Waals surface area contributed by atoms with Gasteiger partial charge in [0.15, 0.2) is 0 Å². The second kappa shape index (κ2) is 10.9. The van der Waals surface area contributed by atoms with Gasteiger partial charge in [-0.15, -0.1) is 0 Å². The SMILES string of the molecule is O=C(CCCNC(=O)c1ccc(Cl)cc1)NCC(=O)Nc1ccc(-n2cccn2)cc1. The van der Waals surface area contributed by atoms with Gasteiger partial charge in [-0.3, -0.25) is 14.4 Å². The van der Waals surface area contributed by atoms with Crippen molar-refractivity contribution in [3.8, 4) is 5.69 Å². The molecule has 0 saturated carbocycles. The Kier molecular flexibility index (Phi) is 7.78. The van der Waals surface area contributed by atoms with Crippen LogP contribution < -0.4 is 16.0 Å². The number of carbonyl (C=O) groups is 3. The number of benzene rings is 2. The van der Waals surface area contributed by atoms with Crippen LogP contribution in [0.4, 0.5) is 5.69 Å². The van der Waals surface area contributed by atoms with Crippen LogP contribution in [0.15, 0.2) is 67.0 Å². The topological polar surface area (TPSA) is 105 Å². The summed E-state index contributed by atoms with van der Waals surface area (Å²) in [7, 11) is 0. The zero-order valence-corrected chi connectivity index (χ0v) is 17.4. The van der Waals surface area contributed by atoms with Crippen molar-refractivity contribution < 1.29 is 14.4 Å². The number of hydrogen-bond donors (Lipinski definition) is 3. The molecule has 3 N–H and O–H groups in total. The Morgan fingerprint density at radius 3 is 2.35 bits per heavy atom. The van der Waals surface area contributed by atoms with Crippen molar-refractivity contribution in [3.63, 3.8) is 0 Å². The highest BCUT2D eigenvalue weighted by Gasteiger charge is 2.08. The lowest BCUT2D eigenvalue weighted by molar-refractivity contribution is -0.124. The Morgan fingerprint density at radius 1 is 0.935 bits per heavy atom. The molecule has 3 rings (SSSR count). The first-order valence-corrected chi connectivity index (χ1v) is 10.1. The van der Waals surface area contributed by atoms with E-state index in [0.717, 1.165) is 5.69 Å². The average Bonchev–Trinajstić information content (AvgIpc) is 3.31. The number of halogens is 1. The zero-order valence-electron chi connectivity index (χ0n) is 16.7. The van der Waals surface area contributed by atoms with E-state index in [-0.39, 0.29) is 30.7 Å². The van der Waals surface area contributed by atoms with Gasteiger partial charge < -0.3 is 16.0 Å². The van der Waals surface area contributed by atoms with E-state index in [1.165, 1.54) is 0 Å². The van der Waals surface area contributed by atoms with Crippen LogP contribution >= 0.6 is 11.6 Å². The number of carbonyl (C=O) groups excluding carboxylic acids is 3. The van der Waals surface area contributed by atoms with E-state index < -0.39 is 0 Å². The van der Waals surface area contributed by atoms with Gasteiger partial charge in [-0.2, -0.15) is 5.10 Å². The summed E-state index contributed by atoms with van der Waals surface area (Å²) in [6.45, 7) is 0.223. The monoisotopic (exact) mass is 439 g/mol. The van der Waals surface area contributed by atoms with E-state index >= 15 is 0 Å². The van der Waals surface area contributed by atoms with Crippen molar-refractivity contribution in [1.29, 1.82) is 0 Å². The van der Waals surface area contributed by atoms with Crippen molar-refractivity contribution in [3.05, 3.63) is 77.6 Å². The van der Waals surface area contributed by atoms with E-state index in [2.05, 4.69) is 21.0 Å². The Balaban J connectivity index is 1.31. The maximum Gasteiger partial charge on any atom is 0.251 e. The number of rotatable bonds is 9. The molecule has 2 aromatic carbocycles. The molecule has 31 heavy (non-hydrogen) atoms. The van der Waals surface area contributed by atoms with Crippen LogP contribution in [0, 0.1) is 0 Å². The number of nitrogens with zero attached hydrogens (tertiary/aromatic N) is 2. The molecule has 160 valence electrons. The number of nitrogens with one attached hydrogen (secondary N) is 3. The van der Waals surface area contributed by atoms with Crippen LogP contribution in [0.1, 0.15) is 23.2 Å². The third-order valence-electron chi connectivity index (χ3n) is 4.34. The number of amides is 3. The maximum absolute atomic E-state index is 12.0. The molecule has 0 aliphatic rings. The summed E-state index contributed by atoms with van der Waals surface area (Å²) in [5, 5.41) is 12.7. The summed E-state index contributed by atoms with van der Waals surface area (Å²) >= 11 is 5.79. The molecule has 3 aromatic rings. The zero-order chi connectivity index (χ0) is 22.1. The Morgan fingerprint density at radius 2 is 1.68 bits per heavy atom. The van der Waals surface area contributed by atoms with Gasteiger partial charge in [0.1, 0.15) is 0 Å². The molecular weight excluding hydrogens is 418 g/mol. The number of aromatic nitrogens is 2. The lowest BCUT2D eigenvalue weighted by Crippen LogP contribution is -2.33. The number of hydrogen-bond acceptors (Lipinski definition) is 4. The molecule has 0 spiro atoms. The molecule has 1 aromatic heterocycles. The molecule has 1 heterocycles. The summed E-state index contributed by atoms with van der Waals surface area (Å²) < 4.78 is 1.71. The standard InChI is InChI=1S/C22H22ClN5O3/c23-17-6-4-16(5-7-17)22(31)24-12-1-3-20(29)25-15-21(30)27-18-8-10-19(11-9-18)28-14-2-13-26-28/h2,4-11,13-14H,1,3,12,15H2,(H,24,31)(H,25,29)(H,27,30).